The van der Waals surface area contributed by atoms with Crippen LogP contribution >= 0.6 is 0 Å². The number of pyridine rings is 1. The van der Waals surface area contributed by atoms with Crippen LogP contribution < -0.4 is 16.2 Å². The number of rotatable bonds is 4. The zero-order valence-corrected chi connectivity index (χ0v) is 17.2. The van der Waals surface area contributed by atoms with Crippen LogP contribution in [0.1, 0.15) is 17.3 Å². The third-order valence-electron chi connectivity index (χ3n) is 4.86. The van der Waals surface area contributed by atoms with E-state index in [2.05, 4.69) is 10.6 Å². The van der Waals surface area contributed by atoms with Crippen molar-refractivity contribution in [1.82, 2.24) is 4.57 Å². The summed E-state index contributed by atoms with van der Waals surface area (Å²) in [7, 11) is 0. The molecule has 0 atom stereocenters. The molecule has 6 nitrogen and oxygen atoms in total. The lowest BCUT2D eigenvalue weighted by Gasteiger charge is -2.14. The highest BCUT2D eigenvalue weighted by molar-refractivity contribution is 6.12. The van der Waals surface area contributed by atoms with Gasteiger partial charge in [0.05, 0.1) is 11.3 Å². The Balaban J connectivity index is 1.83. The zero-order valence-electron chi connectivity index (χ0n) is 17.2. The highest BCUT2D eigenvalue weighted by atomic mass is 19.2. The molecule has 166 valence electrons. The number of aromatic nitrogens is 1. The quantitative estimate of drug-likeness (QED) is 0.445. The van der Waals surface area contributed by atoms with Crippen LogP contribution in [0.25, 0.3) is 16.5 Å². The summed E-state index contributed by atoms with van der Waals surface area (Å²) in [5.74, 6) is -5.49. The molecule has 33 heavy (non-hydrogen) atoms. The summed E-state index contributed by atoms with van der Waals surface area (Å²) < 4.78 is 41.9. The smallest absolute Gasteiger partial charge is 0.262 e. The summed E-state index contributed by atoms with van der Waals surface area (Å²) in [6.45, 7) is 1.35. The molecule has 0 unspecified atom stereocenters. The standard InChI is InChI=1S/C24H16F3N3O3/c1-13(31)28-14-5-4-6-15(9-14)29-23(32)19-12-30(16-10-20(25)22(27)21(26)11-16)24(33)18-8-3-2-7-17(18)19/h2-12H,1H3,(H,28,31)(H,29,32). The van der Waals surface area contributed by atoms with Crippen molar-refractivity contribution < 1.29 is 22.8 Å². The summed E-state index contributed by atoms with van der Waals surface area (Å²) in [5.41, 5.74) is -0.0383. The van der Waals surface area contributed by atoms with E-state index in [0.717, 1.165) is 10.8 Å². The number of anilines is 2. The van der Waals surface area contributed by atoms with Crippen LogP contribution in [0.3, 0.4) is 0 Å². The van der Waals surface area contributed by atoms with E-state index in [1.165, 1.54) is 13.0 Å². The average molecular weight is 451 g/mol. The first-order chi connectivity index (χ1) is 15.7. The van der Waals surface area contributed by atoms with Gasteiger partial charge in [-0.3, -0.25) is 19.0 Å². The zero-order chi connectivity index (χ0) is 23.7. The van der Waals surface area contributed by atoms with E-state index >= 15 is 0 Å². The second-order valence-electron chi connectivity index (χ2n) is 7.20. The number of benzene rings is 3. The van der Waals surface area contributed by atoms with Crippen LogP contribution in [-0.4, -0.2) is 16.4 Å². The van der Waals surface area contributed by atoms with E-state index in [-0.39, 0.29) is 22.5 Å². The summed E-state index contributed by atoms with van der Waals surface area (Å²) in [6.07, 6.45) is 1.14. The molecule has 2 amide bonds. The van der Waals surface area contributed by atoms with Crippen molar-refractivity contribution in [3.05, 3.63) is 100 Å². The van der Waals surface area contributed by atoms with E-state index in [1.54, 1.807) is 42.5 Å². The van der Waals surface area contributed by atoms with Gasteiger partial charge in [-0.05, 0) is 24.3 Å². The van der Waals surface area contributed by atoms with Gasteiger partial charge in [-0.2, -0.15) is 0 Å². The first kappa shape index (κ1) is 21.8. The van der Waals surface area contributed by atoms with Crippen molar-refractivity contribution in [1.29, 1.82) is 0 Å². The van der Waals surface area contributed by atoms with Gasteiger partial charge in [0.15, 0.2) is 17.5 Å². The number of halogens is 3. The van der Waals surface area contributed by atoms with Gasteiger partial charge in [0, 0.05) is 47.4 Å². The number of carbonyl (C=O) groups is 2. The van der Waals surface area contributed by atoms with Gasteiger partial charge in [0.25, 0.3) is 11.5 Å². The Labute approximate surface area is 185 Å². The van der Waals surface area contributed by atoms with Crippen LogP contribution in [0.5, 0.6) is 0 Å². The van der Waals surface area contributed by atoms with Crippen LogP contribution in [0, 0.1) is 17.5 Å². The minimum absolute atomic E-state index is 0.0419. The number of hydrogen-bond donors (Lipinski definition) is 2. The first-order valence-electron chi connectivity index (χ1n) is 9.73. The topological polar surface area (TPSA) is 80.2 Å². The Morgan fingerprint density at radius 1 is 0.818 bits per heavy atom. The monoisotopic (exact) mass is 451 g/mol. The molecule has 9 heteroatoms. The second kappa shape index (κ2) is 8.62. The molecule has 0 saturated heterocycles. The Bertz CT molecular complexity index is 1460. The predicted molar refractivity (Wildman–Crippen MR) is 118 cm³/mol. The number of amides is 2. The van der Waals surface area contributed by atoms with Crippen LogP contribution in [0.2, 0.25) is 0 Å². The molecule has 4 aromatic rings. The van der Waals surface area contributed by atoms with Crippen molar-refractivity contribution in [2.75, 3.05) is 10.6 Å². The summed E-state index contributed by atoms with van der Waals surface area (Å²) >= 11 is 0. The maximum absolute atomic E-state index is 13.8. The number of hydrogen-bond acceptors (Lipinski definition) is 3. The number of nitrogens with zero attached hydrogens (tertiary/aromatic N) is 1. The molecule has 1 aromatic heterocycles. The van der Waals surface area contributed by atoms with Gasteiger partial charge in [-0.15, -0.1) is 0 Å². The molecule has 0 fully saturated rings. The van der Waals surface area contributed by atoms with Gasteiger partial charge in [0.2, 0.25) is 5.91 Å². The fourth-order valence-corrected chi connectivity index (χ4v) is 3.42. The second-order valence-corrected chi connectivity index (χ2v) is 7.20. The Kier molecular flexibility index (Phi) is 5.70. The Morgan fingerprint density at radius 2 is 1.42 bits per heavy atom. The maximum Gasteiger partial charge on any atom is 0.262 e. The molecule has 0 saturated carbocycles. The Hall–Kier alpha value is -4.40. The van der Waals surface area contributed by atoms with E-state index in [9.17, 15) is 27.6 Å². The molecule has 0 bridgehead atoms. The van der Waals surface area contributed by atoms with Crippen LogP contribution in [0.4, 0.5) is 24.5 Å². The first-order valence-corrected chi connectivity index (χ1v) is 9.73. The molecule has 1 heterocycles. The molecule has 3 aromatic carbocycles. The van der Waals surface area contributed by atoms with E-state index < -0.39 is 28.9 Å². The molecule has 0 radical (unpaired) electrons. The van der Waals surface area contributed by atoms with E-state index in [0.29, 0.717) is 28.9 Å². The lowest BCUT2D eigenvalue weighted by Crippen LogP contribution is -2.23. The van der Waals surface area contributed by atoms with Gasteiger partial charge in [-0.25, -0.2) is 13.2 Å². The minimum Gasteiger partial charge on any atom is -0.326 e. The highest BCUT2D eigenvalue weighted by Crippen LogP contribution is 2.22. The molecule has 4 rings (SSSR count). The summed E-state index contributed by atoms with van der Waals surface area (Å²) in [4.78, 5) is 37.4. The van der Waals surface area contributed by atoms with Gasteiger partial charge in [-0.1, -0.05) is 24.3 Å². The molecular weight excluding hydrogens is 435 g/mol. The van der Waals surface area contributed by atoms with Gasteiger partial charge in [0.1, 0.15) is 0 Å². The number of nitrogens with one attached hydrogen (secondary N) is 2. The number of carbonyl (C=O) groups excluding carboxylic acids is 2. The highest BCUT2D eigenvalue weighted by Gasteiger charge is 2.18. The van der Waals surface area contributed by atoms with E-state index in [1.807, 2.05) is 0 Å². The lowest BCUT2D eigenvalue weighted by molar-refractivity contribution is -0.114. The third-order valence-corrected chi connectivity index (χ3v) is 4.86. The minimum atomic E-state index is -1.66. The summed E-state index contributed by atoms with van der Waals surface area (Å²) in [5, 5.41) is 5.73. The predicted octanol–water partition coefficient (Wildman–Crippen LogP) is 4.62. The lowest BCUT2D eigenvalue weighted by atomic mass is 10.1. The SMILES string of the molecule is CC(=O)Nc1cccc(NC(=O)c2cn(-c3cc(F)c(F)c(F)c3)c(=O)c3ccccc23)c1. The van der Waals surface area contributed by atoms with Crippen LogP contribution in [0.15, 0.2) is 71.7 Å². The van der Waals surface area contributed by atoms with E-state index in [4.69, 9.17) is 0 Å². The largest absolute Gasteiger partial charge is 0.326 e. The Morgan fingerprint density at radius 3 is 2.06 bits per heavy atom. The normalized spacial score (nSPS) is 10.8. The van der Waals surface area contributed by atoms with Crippen molar-refractivity contribution in [3.63, 3.8) is 0 Å². The molecule has 0 aliphatic carbocycles. The van der Waals surface area contributed by atoms with Crippen LogP contribution in [-0.2, 0) is 4.79 Å². The van der Waals surface area contributed by atoms with Gasteiger partial charge >= 0.3 is 0 Å². The molecule has 0 spiro atoms. The maximum atomic E-state index is 13.8. The van der Waals surface area contributed by atoms with Gasteiger partial charge < -0.3 is 10.6 Å². The molecule has 2 N–H and O–H groups in total. The van der Waals surface area contributed by atoms with Crippen molar-refractivity contribution in [2.24, 2.45) is 0 Å². The fourth-order valence-electron chi connectivity index (χ4n) is 3.42. The summed E-state index contributed by atoms with van der Waals surface area (Å²) in [6, 6.07) is 14.0. The van der Waals surface area contributed by atoms with Crippen molar-refractivity contribution in [2.45, 2.75) is 6.92 Å². The fraction of sp³-hybridized carbons (Fsp3) is 0.0417. The molecule has 0 aliphatic rings. The third kappa shape index (κ3) is 4.33. The molecule has 0 aliphatic heterocycles. The molecular formula is C24H16F3N3O3. The number of fused-ring (bicyclic) bond motifs is 1. The average Bonchev–Trinajstić information content (AvgIpc) is 2.77. The van der Waals surface area contributed by atoms with Crippen molar-refractivity contribution >= 4 is 34.0 Å². The van der Waals surface area contributed by atoms with Crippen molar-refractivity contribution in [3.8, 4) is 5.69 Å².